The summed E-state index contributed by atoms with van der Waals surface area (Å²) in [5.41, 5.74) is 6.50. The molecular formula is C11H15ClN2O2. The third-order valence-corrected chi connectivity index (χ3v) is 2.78. The number of hydrogen-bond donors (Lipinski definition) is 1. The highest BCUT2D eigenvalue weighted by molar-refractivity contribution is 6.32. The fraction of sp³-hybridized carbons (Fsp3) is 0.455. The van der Waals surface area contributed by atoms with E-state index in [0.29, 0.717) is 0 Å². The SMILES string of the molecule is CC(C)(C)[C@H](N)c1ccc(Cl)c([N+](=O)[O-])c1. The van der Waals surface area contributed by atoms with Crippen LogP contribution in [0.15, 0.2) is 18.2 Å². The largest absolute Gasteiger partial charge is 0.324 e. The first kappa shape index (κ1) is 12.9. The van der Waals surface area contributed by atoms with E-state index in [1.165, 1.54) is 12.1 Å². The van der Waals surface area contributed by atoms with Crippen LogP contribution in [0.1, 0.15) is 32.4 Å². The van der Waals surface area contributed by atoms with E-state index in [1.807, 2.05) is 20.8 Å². The summed E-state index contributed by atoms with van der Waals surface area (Å²) in [4.78, 5) is 10.2. The lowest BCUT2D eigenvalue weighted by atomic mass is 9.83. The quantitative estimate of drug-likeness (QED) is 0.639. The molecule has 0 aromatic heterocycles. The Morgan fingerprint density at radius 2 is 2.00 bits per heavy atom. The van der Waals surface area contributed by atoms with Gasteiger partial charge in [0.05, 0.1) is 4.92 Å². The third-order valence-electron chi connectivity index (χ3n) is 2.46. The maximum atomic E-state index is 10.7. The van der Waals surface area contributed by atoms with Crippen LogP contribution >= 0.6 is 11.6 Å². The Balaban J connectivity index is 3.18. The van der Waals surface area contributed by atoms with Gasteiger partial charge in [0.15, 0.2) is 0 Å². The van der Waals surface area contributed by atoms with Crippen LogP contribution in [0.2, 0.25) is 5.02 Å². The van der Waals surface area contributed by atoms with Crippen molar-refractivity contribution in [2.45, 2.75) is 26.8 Å². The van der Waals surface area contributed by atoms with Crippen molar-refractivity contribution in [3.05, 3.63) is 38.9 Å². The Kier molecular flexibility index (Phi) is 3.55. The van der Waals surface area contributed by atoms with E-state index in [1.54, 1.807) is 6.07 Å². The first-order valence-corrected chi connectivity index (χ1v) is 5.30. The zero-order valence-electron chi connectivity index (χ0n) is 9.53. The lowest BCUT2D eigenvalue weighted by molar-refractivity contribution is -0.384. The number of nitrogens with zero attached hydrogens (tertiary/aromatic N) is 1. The molecule has 0 heterocycles. The Labute approximate surface area is 99.6 Å². The summed E-state index contributed by atoms with van der Waals surface area (Å²) in [6.07, 6.45) is 0. The number of hydrogen-bond acceptors (Lipinski definition) is 3. The number of halogens is 1. The van der Waals surface area contributed by atoms with Gasteiger partial charge in [-0.3, -0.25) is 10.1 Å². The molecule has 2 N–H and O–H groups in total. The van der Waals surface area contributed by atoms with E-state index in [0.717, 1.165) is 5.56 Å². The van der Waals surface area contributed by atoms with Gasteiger partial charge in [-0.25, -0.2) is 0 Å². The normalized spacial score (nSPS) is 13.6. The zero-order valence-corrected chi connectivity index (χ0v) is 10.3. The molecule has 0 spiro atoms. The molecule has 0 saturated carbocycles. The Morgan fingerprint density at radius 3 is 2.44 bits per heavy atom. The summed E-state index contributed by atoms with van der Waals surface area (Å²) in [5.74, 6) is 0. The lowest BCUT2D eigenvalue weighted by Gasteiger charge is -2.27. The molecule has 0 aliphatic heterocycles. The van der Waals surface area contributed by atoms with Crippen LogP contribution in [-0.4, -0.2) is 4.92 Å². The van der Waals surface area contributed by atoms with Crippen LogP contribution in [0, 0.1) is 15.5 Å². The van der Waals surface area contributed by atoms with Gasteiger partial charge >= 0.3 is 0 Å². The highest BCUT2D eigenvalue weighted by atomic mass is 35.5. The number of nitro benzene ring substituents is 1. The molecule has 0 bridgehead atoms. The minimum Gasteiger partial charge on any atom is -0.324 e. The highest BCUT2D eigenvalue weighted by Crippen LogP contribution is 2.34. The number of benzene rings is 1. The maximum Gasteiger partial charge on any atom is 0.288 e. The predicted octanol–water partition coefficient (Wildman–Crippen LogP) is 3.29. The van der Waals surface area contributed by atoms with Crippen molar-refractivity contribution in [2.24, 2.45) is 11.1 Å². The van der Waals surface area contributed by atoms with Gasteiger partial charge in [-0.15, -0.1) is 0 Å². The fourth-order valence-electron chi connectivity index (χ4n) is 1.36. The van der Waals surface area contributed by atoms with E-state index in [2.05, 4.69) is 0 Å². The zero-order chi connectivity index (χ0) is 12.5. The molecule has 5 heteroatoms. The molecule has 0 amide bonds. The van der Waals surface area contributed by atoms with Crippen LogP contribution in [0.3, 0.4) is 0 Å². The van der Waals surface area contributed by atoms with Crippen molar-refractivity contribution in [3.8, 4) is 0 Å². The van der Waals surface area contributed by atoms with Gasteiger partial charge in [-0.2, -0.15) is 0 Å². The minimum absolute atomic E-state index is 0.0983. The minimum atomic E-state index is -0.499. The summed E-state index contributed by atoms with van der Waals surface area (Å²) in [5, 5.41) is 10.9. The van der Waals surface area contributed by atoms with Gasteiger partial charge in [0.2, 0.25) is 0 Å². The van der Waals surface area contributed by atoms with E-state index < -0.39 is 4.92 Å². The second-order valence-electron chi connectivity index (χ2n) is 4.81. The van der Waals surface area contributed by atoms with Crippen LogP contribution < -0.4 is 5.73 Å². The van der Waals surface area contributed by atoms with E-state index in [-0.39, 0.29) is 22.2 Å². The van der Waals surface area contributed by atoms with Gasteiger partial charge in [-0.05, 0) is 17.0 Å². The summed E-state index contributed by atoms with van der Waals surface area (Å²) >= 11 is 5.73. The van der Waals surface area contributed by atoms with Gasteiger partial charge in [-0.1, -0.05) is 38.4 Å². The summed E-state index contributed by atoms with van der Waals surface area (Å²) in [6.45, 7) is 5.95. The predicted molar refractivity (Wildman–Crippen MR) is 64.5 cm³/mol. The first-order valence-electron chi connectivity index (χ1n) is 4.93. The van der Waals surface area contributed by atoms with E-state index in [4.69, 9.17) is 17.3 Å². The summed E-state index contributed by atoms with van der Waals surface area (Å²) < 4.78 is 0. The van der Waals surface area contributed by atoms with Crippen LogP contribution in [0.5, 0.6) is 0 Å². The number of nitro groups is 1. The van der Waals surface area contributed by atoms with Crippen LogP contribution in [0.25, 0.3) is 0 Å². The molecule has 0 aliphatic carbocycles. The van der Waals surface area contributed by atoms with Crippen molar-refractivity contribution in [2.75, 3.05) is 0 Å². The van der Waals surface area contributed by atoms with Gasteiger partial charge in [0.1, 0.15) is 5.02 Å². The first-order chi connectivity index (χ1) is 7.23. The number of rotatable bonds is 2. The summed E-state index contributed by atoms with van der Waals surface area (Å²) in [6, 6.07) is 4.42. The topological polar surface area (TPSA) is 69.2 Å². The van der Waals surface area contributed by atoms with Crippen molar-refractivity contribution >= 4 is 17.3 Å². The Hall–Kier alpha value is -1.13. The third kappa shape index (κ3) is 2.71. The average Bonchev–Trinajstić information content (AvgIpc) is 2.15. The molecule has 1 aromatic carbocycles. The molecule has 0 saturated heterocycles. The molecule has 0 aliphatic rings. The molecule has 1 aromatic rings. The average molecular weight is 243 g/mol. The molecule has 0 radical (unpaired) electrons. The highest BCUT2D eigenvalue weighted by Gasteiger charge is 2.24. The monoisotopic (exact) mass is 242 g/mol. The lowest BCUT2D eigenvalue weighted by Crippen LogP contribution is -2.26. The van der Waals surface area contributed by atoms with Crippen LogP contribution in [0.4, 0.5) is 5.69 Å². The second kappa shape index (κ2) is 4.39. The Morgan fingerprint density at radius 1 is 1.44 bits per heavy atom. The molecule has 1 atom stereocenters. The molecule has 1 rings (SSSR count). The smallest absolute Gasteiger partial charge is 0.288 e. The molecule has 4 nitrogen and oxygen atoms in total. The molecule has 0 fully saturated rings. The molecule has 88 valence electrons. The molecular weight excluding hydrogens is 228 g/mol. The van der Waals surface area contributed by atoms with Gasteiger partial charge < -0.3 is 5.73 Å². The fourth-order valence-corrected chi connectivity index (χ4v) is 1.55. The van der Waals surface area contributed by atoms with E-state index in [9.17, 15) is 10.1 Å². The number of nitrogens with two attached hydrogens (primary N) is 1. The second-order valence-corrected chi connectivity index (χ2v) is 5.22. The standard InChI is InChI=1S/C11H15ClN2O2/c1-11(2,3)10(13)7-4-5-8(12)9(6-7)14(15)16/h4-6,10H,13H2,1-3H3/t10-/m1/s1. The van der Waals surface area contributed by atoms with Gasteiger partial charge in [0, 0.05) is 12.1 Å². The molecule has 0 unspecified atom stereocenters. The Bertz CT molecular complexity index is 413. The molecule has 16 heavy (non-hydrogen) atoms. The van der Waals surface area contributed by atoms with Crippen molar-refractivity contribution in [1.82, 2.24) is 0 Å². The van der Waals surface area contributed by atoms with Crippen LogP contribution in [-0.2, 0) is 0 Å². The van der Waals surface area contributed by atoms with Crippen molar-refractivity contribution in [3.63, 3.8) is 0 Å². The van der Waals surface area contributed by atoms with Gasteiger partial charge in [0.25, 0.3) is 5.69 Å². The van der Waals surface area contributed by atoms with Crippen molar-refractivity contribution in [1.29, 1.82) is 0 Å². The van der Waals surface area contributed by atoms with E-state index >= 15 is 0 Å². The maximum absolute atomic E-state index is 10.7. The van der Waals surface area contributed by atoms with Crippen molar-refractivity contribution < 1.29 is 4.92 Å². The summed E-state index contributed by atoms with van der Waals surface area (Å²) in [7, 11) is 0.